The van der Waals surface area contributed by atoms with E-state index in [0.29, 0.717) is 12.2 Å². The lowest BCUT2D eigenvalue weighted by Gasteiger charge is -2.16. The molecule has 1 aromatic rings. The van der Waals surface area contributed by atoms with E-state index >= 15 is 0 Å². The molecular weight excluding hydrogens is 260 g/mol. The van der Waals surface area contributed by atoms with E-state index in [0.717, 1.165) is 5.56 Å². The molecule has 20 heavy (non-hydrogen) atoms. The first kappa shape index (κ1) is 15.5. The van der Waals surface area contributed by atoms with Crippen LogP contribution in [0, 0.1) is 11.3 Å². The number of methoxy groups -OCH3 is 1. The van der Waals surface area contributed by atoms with Crippen LogP contribution in [0.1, 0.15) is 12.5 Å². The lowest BCUT2D eigenvalue weighted by atomic mass is 10.2. The van der Waals surface area contributed by atoms with Gasteiger partial charge in [0, 0.05) is 6.92 Å². The summed E-state index contributed by atoms with van der Waals surface area (Å²) in [6.45, 7) is 1.29. The predicted molar refractivity (Wildman–Crippen MR) is 70.9 cm³/mol. The first-order valence-electron chi connectivity index (χ1n) is 6.00. The summed E-state index contributed by atoms with van der Waals surface area (Å²) in [4.78, 5) is 22.5. The zero-order valence-electron chi connectivity index (χ0n) is 11.4. The smallest absolute Gasteiger partial charge is 0.331 e. The van der Waals surface area contributed by atoms with Crippen molar-refractivity contribution in [2.24, 2.45) is 0 Å². The van der Waals surface area contributed by atoms with Gasteiger partial charge in [-0.05, 0) is 17.7 Å². The van der Waals surface area contributed by atoms with Crippen LogP contribution in [-0.2, 0) is 20.7 Å². The number of nitriles is 1. The Morgan fingerprint density at radius 2 is 2.00 bits per heavy atom. The first-order chi connectivity index (χ1) is 9.56. The standard InChI is InChI=1S/C14H16N2O4/c1-10(17)16-13(14(18)19-2)9-20-12-5-3-11(4-6-12)7-8-15/h3-6,13H,7,9H2,1-2H3,(H,16,17). The summed E-state index contributed by atoms with van der Waals surface area (Å²) in [6, 6.07) is 8.14. The van der Waals surface area contributed by atoms with Crippen LogP contribution in [0.15, 0.2) is 24.3 Å². The second-order valence-corrected chi connectivity index (χ2v) is 4.07. The topological polar surface area (TPSA) is 88.4 Å². The summed E-state index contributed by atoms with van der Waals surface area (Å²) in [5.41, 5.74) is 0.881. The third-order valence-corrected chi connectivity index (χ3v) is 2.49. The SMILES string of the molecule is COC(=O)C(COc1ccc(CC#N)cc1)NC(C)=O. The van der Waals surface area contributed by atoms with E-state index in [1.807, 2.05) is 6.07 Å². The van der Waals surface area contributed by atoms with Crippen molar-refractivity contribution in [1.82, 2.24) is 5.32 Å². The number of amides is 1. The van der Waals surface area contributed by atoms with Gasteiger partial charge in [-0.15, -0.1) is 0 Å². The van der Waals surface area contributed by atoms with Gasteiger partial charge in [0.05, 0.1) is 19.6 Å². The van der Waals surface area contributed by atoms with Crippen molar-refractivity contribution in [3.63, 3.8) is 0 Å². The molecule has 0 saturated carbocycles. The number of nitrogens with zero attached hydrogens (tertiary/aromatic N) is 1. The number of benzene rings is 1. The van der Waals surface area contributed by atoms with Gasteiger partial charge in [0.25, 0.3) is 0 Å². The van der Waals surface area contributed by atoms with E-state index in [1.54, 1.807) is 24.3 Å². The Kier molecular flexibility index (Phi) is 6.04. The van der Waals surface area contributed by atoms with E-state index in [1.165, 1.54) is 14.0 Å². The lowest BCUT2D eigenvalue weighted by Crippen LogP contribution is -2.44. The minimum Gasteiger partial charge on any atom is -0.491 e. The van der Waals surface area contributed by atoms with Crippen molar-refractivity contribution in [3.05, 3.63) is 29.8 Å². The summed E-state index contributed by atoms with van der Waals surface area (Å²) in [6.07, 6.45) is 0.330. The number of ether oxygens (including phenoxy) is 2. The maximum absolute atomic E-state index is 11.5. The third kappa shape index (κ3) is 4.98. The Labute approximate surface area is 117 Å². The van der Waals surface area contributed by atoms with Gasteiger partial charge in [-0.25, -0.2) is 4.79 Å². The second-order valence-electron chi connectivity index (χ2n) is 4.07. The quantitative estimate of drug-likeness (QED) is 0.777. The highest BCUT2D eigenvalue weighted by Gasteiger charge is 2.20. The van der Waals surface area contributed by atoms with E-state index in [2.05, 4.69) is 10.1 Å². The van der Waals surface area contributed by atoms with Crippen LogP contribution in [0.3, 0.4) is 0 Å². The van der Waals surface area contributed by atoms with Gasteiger partial charge in [0.2, 0.25) is 5.91 Å². The van der Waals surface area contributed by atoms with Gasteiger partial charge in [-0.3, -0.25) is 4.79 Å². The Morgan fingerprint density at radius 3 is 2.50 bits per heavy atom. The van der Waals surface area contributed by atoms with Crippen molar-refractivity contribution >= 4 is 11.9 Å². The summed E-state index contributed by atoms with van der Waals surface area (Å²) in [5.74, 6) is -0.361. The fourth-order valence-corrected chi connectivity index (χ4v) is 1.53. The molecule has 0 saturated heterocycles. The molecule has 0 radical (unpaired) electrons. The first-order valence-corrected chi connectivity index (χ1v) is 6.00. The average Bonchev–Trinajstić information content (AvgIpc) is 2.44. The number of esters is 1. The fourth-order valence-electron chi connectivity index (χ4n) is 1.53. The normalized spacial score (nSPS) is 11.1. The van der Waals surface area contributed by atoms with E-state index in [4.69, 9.17) is 10.00 Å². The van der Waals surface area contributed by atoms with Crippen molar-refractivity contribution in [2.75, 3.05) is 13.7 Å². The van der Waals surface area contributed by atoms with Gasteiger partial charge in [-0.2, -0.15) is 5.26 Å². The molecule has 1 unspecified atom stereocenters. The molecule has 0 aliphatic rings. The number of nitrogens with one attached hydrogen (secondary N) is 1. The van der Waals surface area contributed by atoms with E-state index < -0.39 is 12.0 Å². The summed E-state index contributed by atoms with van der Waals surface area (Å²) >= 11 is 0. The molecule has 0 heterocycles. The van der Waals surface area contributed by atoms with Crippen molar-refractivity contribution in [3.8, 4) is 11.8 Å². The van der Waals surface area contributed by atoms with Crippen LogP contribution in [0.2, 0.25) is 0 Å². The Balaban J connectivity index is 2.60. The highest BCUT2D eigenvalue weighted by atomic mass is 16.5. The van der Waals surface area contributed by atoms with Gasteiger partial charge in [0.1, 0.15) is 12.4 Å². The Morgan fingerprint density at radius 1 is 1.35 bits per heavy atom. The molecule has 1 atom stereocenters. The molecule has 1 amide bonds. The highest BCUT2D eigenvalue weighted by molar-refractivity contribution is 5.83. The van der Waals surface area contributed by atoms with E-state index in [-0.39, 0.29) is 12.5 Å². The van der Waals surface area contributed by atoms with Crippen LogP contribution in [0.5, 0.6) is 5.75 Å². The summed E-state index contributed by atoms with van der Waals surface area (Å²) in [7, 11) is 1.24. The molecule has 1 rings (SSSR count). The second kappa shape index (κ2) is 7.79. The van der Waals surface area contributed by atoms with Gasteiger partial charge >= 0.3 is 5.97 Å². The number of carbonyl (C=O) groups is 2. The number of hydrogen-bond acceptors (Lipinski definition) is 5. The molecule has 1 aromatic carbocycles. The molecule has 0 aliphatic heterocycles. The molecule has 6 nitrogen and oxygen atoms in total. The van der Waals surface area contributed by atoms with Crippen LogP contribution in [0.4, 0.5) is 0 Å². The van der Waals surface area contributed by atoms with Gasteiger partial charge in [-0.1, -0.05) is 12.1 Å². The monoisotopic (exact) mass is 276 g/mol. The molecule has 106 valence electrons. The predicted octanol–water partition coefficient (Wildman–Crippen LogP) is 0.809. The summed E-state index contributed by atoms with van der Waals surface area (Å²) < 4.78 is 10.0. The van der Waals surface area contributed by atoms with Crippen molar-refractivity contribution < 1.29 is 19.1 Å². The van der Waals surface area contributed by atoms with Crippen LogP contribution in [0.25, 0.3) is 0 Å². The Hall–Kier alpha value is -2.55. The van der Waals surface area contributed by atoms with Gasteiger partial charge < -0.3 is 14.8 Å². The minimum atomic E-state index is -0.851. The largest absolute Gasteiger partial charge is 0.491 e. The molecule has 0 spiro atoms. The van der Waals surface area contributed by atoms with Crippen LogP contribution >= 0.6 is 0 Å². The molecule has 0 fully saturated rings. The molecule has 0 bridgehead atoms. The highest BCUT2D eigenvalue weighted by Crippen LogP contribution is 2.12. The number of hydrogen-bond donors (Lipinski definition) is 1. The van der Waals surface area contributed by atoms with Gasteiger partial charge in [0.15, 0.2) is 6.04 Å². The zero-order valence-corrected chi connectivity index (χ0v) is 11.4. The lowest BCUT2D eigenvalue weighted by molar-refractivity contribution is -0.145. The molecule has 6 heteroatoms. The molecule has 1 N–H and O–H groups in total. The maximum Gasteiger partial charge on any atom is 0.331 e. The van der Waals surface area contributed by atoms with E-state index in [9.17, 15) is 9.59 Å². The van der Waals surface area contributed by atoms with Crippen molar-refractivity contribution in [1.29, 1.82) is 5.26 Å². The molecule has 0 aromatic heterocycles. The van der Waals surface area contributed by atoms with Crippen LogP contribution < -0.4 is 10.1 Å². The number of rotatable bonds is 6. The van der Waals surface area contributed by atoms with Crippen molar-refractivity contribution in [2.45, 2.75) is 19.4 Å². The minimum absolute atomic E-state index is 0.0240. The Bertz CT molecular complexity index is 505. The zero-order chi connectivity index (χ0) is 15.0. The number of carbonyl (C=O) groups excluding carboxylic acids is 2. The molecular formula is C14H16N2O4. The summed E-state index contributed by atoms with van der Waals surface area (Å²) in [5, 5.41) is 11.0. The maximum atomic E-state index is 11.5. The molecule has 0 aliphatic carbocycles. The fraction of sp³-hybridized carbons (Fsp3) is 0.357. The third-order valence-electron chi connectivity index (χ3n) is 2.49. The van der Waals surface area contributed by atoms with Crippen LogP contribution in [-0.4, -0.2) is 31.6 Å². The average molecular weight is 276 g/mol.